The zero-order chi connectivity index (χ0) is 13.5. The molecule has 1 aliphatic heterocycles. The molecule has 1 atom stereocenters. The van der Waals surface area contributed by atoms with E-state index in [9.17, 15) is 9.90 Å². The molecular formula is C13H27N3O2. The monoisotopic (exact) mass is 257 g/mol. The molecule has 1 aliphatic rings. The zero-order valence-electron chi connectivity index (χ0n) is 11.6. The smallest absolute Gasteiger partial charge is 0.314 e. The van der Waals surface area contributed by atoms with Gasteiger partial charge in [-0.05, 0) is 31.7 Å². The number of primary amides is 1. The van der Waals surface area contributed by atoms with Gasteiger partial charge in [0.25, 0.3) is 0 Å². The van der Waals surface area contributed by atoms with Crippen LogP contribution in [-0.4, -0.2) is 59.8 Å². The van der Waals surface area contributed by atoms with Crippen molar-refractivity contribution in [3.63, 3.8) is 0 Å². The molecule has 0 aromatic carbocycles. The first-order chi connectivity index (χ1) is 8.49. The molecule has 18 heavy (non-hydrogen) atoms. The Morgan fingerprint density at radius 1 is 1.22 bits per heavy atom. The van der Waals surface area contributed by atoms with E-state index in [1.54, 1.807) is 4.90 Å². The van der Waals surface area contributed by atoms with Crippen LogP contribution in [-0.2, 0) is 0 Å². The quantitative estimate of drug-likeness (QED) is 0.768. The predicted octanol–water partition coefficient (Wildman–Crippen LogP) is 0.870. The van der Waals surface area contributed by atoms with Gasteiger partial charge >= 0.3 is 6.03 Å². The van der Waals surface area contributed by atoms with Crippen molar-refractivity contribution in [2.24, 2.45) is 11.7 Å². The number of aliphatic hydroxyl groups excluding tert-OH is 1. The van der Waals surface area contributed by atoms with Crippen molar-refractivity contribution in [2.75, 3.05) is 32.7 Å². The van der Waals surface area contributed by atoms with Gasteiger partial charge in [-0.2, -0.15) is 0 Å². The summed E-state index contributed by atoms with van der Waals surface area (Å²) in [4.78, 5) is 15.0. The maximum Gasteiger partial charge on any atom is 0.314 e. The number of urea groups is 1. The number of nitrogens with zero attached hydrogens (tertiary/aromatic N) is 2. The SMILES string of the molecule is CC(C)CC[C@@H](O)CN1CCCN(C(N)=O)CC1. The molecule has 0 aromatic heterocycles. The number of carbonyl (C=O) groups is 1. The highest BCUT2D eigenvalue weighted by molar-refractivity contribution is 5.71. The van der Waals surface area contributed by atoms with Gasteiger partial charge in [-0.15, -0.1) is 0 Å². The Morgan fingerprint density at radius 3 is 2.56 bits per heavy atom. The van der Waals surface area contributed by atoms with Crippen molar-refractivity contribution in [1.82, 2.24) is 9.80 Å². The highest BCUT2D eigenvalue weighted by Crippen LogP contribution is 2.09. The summed E-state index contributed by atoms with van der Waals surface area (Å²) in [6.07, 6.45) is 2.59. The van der Waals surface area contributed by atoms with E-state index < -0.39 is 0 Å². The van der Waals surface area contributed by atoms with Gasteiger partial charge in [0, 0.05) is 26.2 Å². The molecule has 5 heteroatoms. The van der Waals surface area contributed by atoms with Crippen LogP contribution in [0, 0.1) is 5.92 Å². The third-order valence-corrected chi connectivity index (χ3v) is 3.45. The molecule has 0 aliphatic carbocycles. The summed E-state index contributed by atoms with van der Waals surface area (Å²) in [7, 11) is 0. The van der Waals surface area contributed by atoms with E-state index in [1.807, 2.05) is 0 Å². The second-order valence-electron chi connectivity index (χ2n) is 5.60. The van der Waals surface area contributed by atoms with Crippen LogP contribution in [0.3, 0.4) is 0 Å². The molecule has 0 unspecified atom stereocenters. The van der Waals surface area contributed by atoms with Gasteiger partial charge in [0.15, 0.2) is 0 Å². The molecule has 2 amide bonds. The fourth-order valence-electron chi connectivity index (χ4n) is 2.29. The van der Waals surface area contributed by atoms with E-state index in [0.29, 0.717) is 19.0 Å². The highest BCUT2D eigenvalue weighted by Gasteiger charge is 2.18. The lowest BCUT2D eigenvalue weighted by Crippen LogP contribution is -2.39. The lowest BCUT2D eigenvalue weighted by atomic mass is 10.0. The molecule has 5 nitrogen and oxygen atoms in total. The van der Waals surface area contributed by atoms with E-state index >= 15 is 0 Å². The number of β-amino-alcohol motifs (C(OH)–C–C–N with tert-alkyl or cyclic N) is 1. The van der Waals surface area contributed by atoms with Crippen LogP contribution in [0.1, 0.15) is 33.1 Å². The number of rotatable bonds is 5. The minimum Gasteiger partial charge on any atom is -0.392 e. The highest BCUT2D eigenvalue weighted by atomic mass is 16.3. The third-order valence-electron chi connectivity index (χ3n) is 3.45. The Balaban J connectivity index is 2.28. The van der Waals surface area contributed by atoms with Crippen molar-refractivity contribution < 1.29 is 9.90 Å². The zero-order valence-corrected chi connectivity index (χ0v) is 11.6. The Hall–Kier alpha value is -0.810. The summed E-state index contributed by atoms with van der Waals surface area (Å²) < 4.78 is 0. The summed E-state index contributed by atoms with van der Waals surface area (Å²) in [5.41, 5.74) is 5.28. The van der Waals surface area contributed by atoms with Crippen molar-refractivity contribution >= 4 is 6.03 Å². The first-order valence-electron chi connectivity index (χ1n) is 6.94. The van der Waals surface area contributed by atoms with E-state index in [2.05, 4.69) is 18.7 Å². The molecule has 1 rings (SSSR count). The Labute approximate surface area is 110 Å². The standard InChI is InChI=1S/C13H27N3O2/c1-11(2)4-5-12(17)10-15-6-3-7-16(9-8-15)13(14)18/h11-12,17H,3-10H2,1-2H3,(H2,14,18)/t12-/m1/s1. The first kappa shape index (κ1) is 15.2. The van der Waals surface area contributed by atoms with Crippen LogP contribution in [0.15, 0.2) is 0 Å². The van der Waals surface area contributed by atoms with E-state index in [1.165, 1.54) is 0 Å². The van der Waals surface area contributed by atoms with Crippen LogP contribution < -0.4 is 5.73 Å². The van der Waals surface area contributed by atoms with Gasteiger partial charge < -0.3 is 15.7 Å². The van der Waals surface area contributed by atoms with Gasteiger partial charge in [0.1, 0.15) is 0 Å². The van der Waals surface area contributed by atoms with E-state index in [4.69, 9.17) is 5.73 Å². The number of hydrogen-bond acceptors (Lipinski definition) is 3. The second-order valence-corrected chi connectivity index (χ2v) is 5.60. The maximum absolute atomic E-state index is 11.1. The topological polar surface area (TPSA) is 69.8 Å². The van der Waals surface area contributed by atoms with E-state index in [0.717, 1.165) is 38.9 Å². The molecule has 1 heterocycles. The lowest BCUT2D eigenvalue weighted by Gasteiger charge is -2.23. The molecule has 0 spiro atoms. The van der Waals surface area contributed by atoms with Crippen LogP contribution in [0.5, 0.6) is 0 Å². The normalized spacial score (nSPS) is 19.9. The Bertz CT molecular complexity index is 259. The molecular weight excluding hydrogens is 230 g/mol. The third kappa shape index (κ3) is 5.69. The Morgan fingerprint density at radius 2 is 1.94 bits per heavy atom. The average Bonchev–Trinajstić information content (AvgIpc) is 2.52. The second kappa shape index (κ2) is 7.59. The average molecular weight is 257 g/mol. The van der Waals surface area contributed by atoms with Gasteiger partial charge in [-0.1, -0.05) is 13.8 Å². The number of carbonyl (C=O) groups excluding carboxylic acids is 1. The molecule has 0 aromatic rings. The molecule has 0 radical (unpaired) electrons. The minimum absolute atomic E-state index is 0.257. The Kier molecular flexibility index (Phi) is 6.43. The van der Waals surface area contributed by atoms with Crippen molar-refractivity contribution in [3.8, 4) is 0 Å². The minimum atomic E-state index is -0.336. The number of amides is 2. The first-order valence-corrected chi connectivity index (χ1v) is 6.94. The number of hydrogen-bond donors (Lipinski definition) is 2. The molecule has 1 fully saturated rings. The van der Waals surface area contributed by atoms with Crippen molar-refractivity contribution in [1.29, 1.82) is 0 Å². The predicted molar refractivity (Wildman–Crippen MR) is 72.3 cm³/mol. The van der Waals surface area contributed by atoms with Gasteiger partial charge in [0.2, 0.25) is 0 Å². The van der Waals surface area contributed by atoms with Crippen LogP contribution in [0.25, 0.3) is 0 Å². The summed E-state index contributed by atoms with van der Waals surface area (Å²) in [6, 6.07) is -0.336. The molecule has 1 saturated heterocycles. The molecule has 106 valence electrons. The summed E-state index contributed by atoms with van der Waals surface area (Å²) >= 11 is 0. The van der Waals surface area contributed by atoms with Crippen LogP contribution in [0.2, 0.25) is 0 Å². The molecule has 0 bridgehead atoms. The number of nitrogens with two attached hydrogens (primary N) is 1. The van der Waals surface area contributed by atoms with E-state index in [-0.39, 0.29) is 12.1 Å². The van der Waals surface area contributed by atoms with Gasteiger partial charge in [0.05, 0.1) is 6.10 Å². The summed E-state index contributed by atoms with van der Waals surface area (Å²) in [5, 5.41) is 9.97. The molecule has 0 saturated carbocycles. The van der Waals surface area contributed by atoms with Crippen LogP contribution >= 0.6 is 0 Å². The lowest BCUT2D eigenvalue weighted by molar-refractivity contribution is 0.102. The van der Waals surface area contributed by atoms with Crippen molar-refractivity contribution in [3.05, 3.63) is 0 Å². The van der Waals surface area contributed by atoms with Crippen molar-refractivity contribution in [2.45, 2.75) is 39.2 Å². The number of aliphatic hydroxyl groups is 1. The molecule has 3 N–H and O–H groups in total. The fourth-order valence-corrected chi connectivity index (χ4v) is 2.29. The summed E-state index contributed by atoms with van der Waals surface area (Å²) in [6.45, 7) is 8.19. The largest absolute Gasteiger partial charge is 0.392 e. The fraction of sp³-hybridized carbons (Fsp3) is 0.923. The maximum atomic E-state index is 11.1. The summed E-state index contributed by atoms with van der Waals surface area (Å²) in [5.74, 6) is 0.633. The van der Waals surface area contributed by atoms with Gasteiger partial charge in [-0.25, -0.2) is 4.79 Å². The van der Waals surface area contributed by atoms with Gasteiger partial charge in [-0.3, -0.25) is 4.90 Å². The van der Waals surface area contributed by atoms with Crippen LogP contribution in [0.4, 0.5) is 4.79 Å².